The molecule has 0 saturated heterocycles. The van der Waals surface area contributed by atoms with Crippen molar-refractivity contribution in [3.63, 3.8) is 0 Å². The van der Waals surface area contributed by atoms with Crippen molar-refractivity contribution in [2.24, 2.45) is 0 Å². The molecule has 0 radical (unpaired) electrons. The molecule has 0 saturated carbocycles. The molecule has 2 aromatic rings. The first-order chi connectivity index (χ1) is 9.60. The number of nitriles is 1. The van der Waals surface area contributed by atoms with Gasteiger partial charge in [0.25, 0.3) is 0 Å². The van der Waals surface area contributed by atoms with Gasteiger partial charge < -0.3 is 10.5 Å². The van der Waals surface area contributed by atoms with Gasteiger partial charge in [-0.1, -0.05) is 12.1 Å². The van der Waals surface area contributed by atoms with Gasteiger partial charge in [0.15, 0.2) is 0 Å². The molecule has 2 N–H and O–H groups in total. The predicted molar refractivity (Wildman–Crippen MR) is 71.1 cm³/mol. The average molecular weight is 270 g/mol. The van der Waals surface area contributed by atoms with E-state index in [1.165, 1.54) is 12.1 Å². The van der Waals surface area contributed by atoms with Crippen molar-refractivity contribution in [1.29, 1.82) is 5.26 Å². The molecule has 100 valence electrons. The lowest BCUT2D eigenvalue weighted by molar-refractivity contribution is 0.0467. The monoisotopic (exact) mass is 270 g/mol. The van der Waals surface area contributed by atoms with Gasteiger partial charge in [-0.2, -0.15) is 5.26 Å². The summed E-state index contributed by atoms with van der Waals surface area (Å²) in [5, 5.41) is 8.66. The summed E-state index contributed by atoms with van der Waals surface area (Å²) in [6.07, 6.45) is 0. The number of ether oxygens (including phenoxy) is 1. The van der Waals surface area contributed by atoms with Crippen molar-refractivity contribution in [2.45, 2.75) is 6.61 Å². The first kappa shape index (κ1) is 13.6. The number of hydrogen-bond donors (Lipinski definition) is 1. The second-order valence-corrected chi connectivity index (χ2v) is 4.12. The number of rotatable bonds is 3. The van der Waals surface area contributed by atoms with Gasteiger partial charge in [0.1, 0.15) is 12.4 Å². The zero-order chi connectivity index (χ0) is 14.5. The minimum Gasteiger partial charge on any atom is -0.457 e. The molecule has 2 rings (SSSR count). The molecule has 20 heavy (non-hydrogen) atoms. The SMILES string of the molecule is N#Cc1ccc(COC(=O)c2ccc(N)cc2F)cc1. The van der Waals surface area contributed by atoms with Crippen molar-refractivity contribution in [3.8, 4) is 6.07 Å². The van der Waals surface area contributed by atoms with Crippen LogP contribution in [0.25, 0.3) is 0 Å². The van der Waals surface area contributed by atoms with Gasteiger partial charge in [-0.05, 0) is 35.9 Å². The summed E-state index contributed by atoms with van der Waals surface area (Å²) in [5.74, 6) is -1.47. The minimum atomic E-state index is -0.758. The number of carbonyl (C=O) groups is 1. The van der Waals surface area contributed by atoms with Crippen LogP contribution in [0.4, 0.5) is 10.1 Å². The Morgan fingerprint density at radius 1 is 1.25 bits per heavy atom. The van der Waals surface area contributed by atoms with E-state index in [1.54, 1.807) is 24.3 Å². The Kier molecular flexibility index (Phi) is 3.96. The van der Waals surface area contributed by atoms with Crippen LogP contribution in [0.3, 0.4) is 0 Å². The maximum Gasteiger partial charge on any atom is 0.341 e. The fourth-order valence-corrected chi connectivity index (χ4v) is 1.60. The molecule has 0 bridgehead atoms. The standard InChI is InChI=1S/C15H11FN2O2/c16-14-7-12(18)5-6-13(14)15(19)20-9-11-3-1-10(8-17)2-4-11/h1-7H,9,18H2. The second-order valence-electron chi connectivity index (χ2n) is 4.12. The van der Waals surface area contributed by atoms with Crippen LogP contribution in [0.15, 0.2) is 42.5 Å². The third-order valence-corrected chi connectivity index (χ3v) is 2.67. The number of halogens is 1. The fraction of sp³-hybridized carbons (Fsp3) is 0.0667. The van der Waals surface area contributed by atoms with Gasteiger partial charge in [-0.25, -0.2) is 9.18 Å². The number of hydrogen-bond acceptors (Lipinski definition) is 4. The molecule has 4 nitrogen and oxygen atoms in total. The topological polar surface area (TPSA) is 76.1 Å². The molecule has 0 unspecified atom stereocenters. The molecule has 0 heterocycles. The number of carbonyl (C=O) groups excluding carboxylic acids is 1. The Balaban J connectivity index is 2.03. The summed E-state index contributed by atoms with van der Waals surface area (Å²) in [6, 6.07) is 12.4. The number of nitrogens with two attached hydrogens (primary N) is 1. The third kappa shape index (κ3) is 3.12. The summed E-state index contributed by atoms with van der Waals surface area (Å²) in [6.45, 7) is 0.00829. The number of anilines is 1. The maximum absolute atomic E-state index is 13.5. The van der Waals surface area contributed by atoms with E-state index in [-0.39, 0.29) is 17.9 Å². The lowest BCUT2D eigenvalue weighted by Crippen LogP contribution is -2.08. The summed E-state index contributed by atoms with van der Waals surface area (Å²) < 4.78 is 18.5. The first-order valence-corrected chi connectivity index (χ1v) is 5.81. The summed E-state index contributed by atoms with van der Waals surface area (Å²) >= 11 is 0. The quantitative estimate of drug-likeness (QED) is 0.687. The number of esters is 1. The maximum atomic E-state index is 13.5. The molecule has 0 fully saturated rings. The van der Waals surface area contributed by atoms with Crippen LogP contribution in [0.5, 0.6) is 0 Å². The molecule has 0 aliphatic rings. The van der Waals surface area contributed by atoms with Gasteiger partial charge in [0, 0.05) is 5.69 Å². The van der Waals surface area contributed by atoms with Crippen LogP contribution in [-0.2, 0) is 11.3 Å². The molecular weight excluding hydrogens is 259 g/mol. The molecule has 2 aromatic carbocycles. The highest BCUT2D eigenvalue weighted by Gasteiger charge is 2.13. The Morgan fingerprint density at radius 3 is 2.55 bits per heavy atom. The van der Waals surface area contributed by atoms with Gasteiger partial charge in [0.2, 0.25) is 0 Å². The van der Waals surface area contributed by atoms with Gasteiger partial charge >= 0.3 is 5.97 Å². The van der Waals surface area contributed by atoms with E-state index in [1.807, 2.05) is 6.07 Å². The van der Waals surface area contributed by atoms with Crippen LogP contribution in [0.2, 0.25) is 0 Å². The lowest BCUT2D eigenvalue weighted by Gasteiger charge is -2.06. The summed E-state index contributed by atoms with van der Waals surface area (Å²) in [5.41, 5.74) is 6.72. The molecule has 0 aliphatic carbocycles. The summed E-state index contributed by atoms with van der Waals surface area (Å²) in [4.78, 5) is 11.7. The Hall–Kier alpha value is -2.87. The second kappa shape index (κ2) is 5.85. The van der Waals surface area contributed by atoms with E-state index in [4.69, 9.17) is 15.7 Å². The molecule has 5 heteroatoms. The van der Waals surface area contributed by atoms with E-state index < -0.39 is 11.8 Å². The van der Waals surface area contributed by atoms with Gasteiger partial charge in [0.05, 0.1) is 17.2 Å². The number of nitrogens with zero attached hydrogens (tertiary/aromatic N) is 1. The predicted octanol–water partition coefficient (Wildman–Crippen LogP) is 2.64. The molecular formula is C15H11FN2O2. The van der Waals surface area contributed by atoms with Crippen molar-refractivity contribution < 1.29 is 13.9 Å². The highest BCUT2D eigenvalue weighted by atomic mass is 19.1. The van der Waals surface area contributed by atoms with Crippen LogP contribution in [-0.4, -0.2) is 5.97 Å². The van der Waals surface area contributed by atoms with Gasteiger partial charge in [-0.15, -0.1) is 0 Å². The zero-order valence-corrected chi connectivity index (χ0v) is 10.5. The fourth-order valence-electron chi connectivity index (χ4n) is 1.60. The molecule has 0 atom stereocenters. The molecule has 0 aliphatic heterocycles. The Labute approximate surface area is 115 Å². The van der Waals surface area contributed by atoms with E-state index in [9.17, 15) is 9.18 Å². The zero-order valence-electron chi connectivity index (χ0n) is 10.5. The van der Waals surface area contributed by atoms with Crippen molar-refractivity contribution in [2.75, 3.05) is 5.73 Å². The van der Waals surface area contributed by atoms with Crippen molar-refractivity contribution in [3.05, 3.63) is 65.0 Å². The number of nitrogen functional groups attached to an aromatic ring is 1. The summed E-state index contributed by atoms with van der Waals surface area (Å²) in [7, 11) is 0. The van der Waals surface area contributed by atoms with E-state index in [0.29, 0.717) is 11.1 Å². The largest absolute Gasteiger partial charge is 0.457 e. The van der Waals surface area contributed by atoms with E-state index in [0.717, 1.165) is 6.07 Å². The molecule has 0 amide bonds. The normalized spacial score (nSPS) is 9.80. The van der Waals surface area contributed by atoms with E-state index in [2.05, 4.69) is 0 Å². The number of benzene rings is 2. The van der Waals surface area contributed by atoms with Crippen LogP contribution in [0.1, 0.15) is 21.5 Å². The van der Waals surface area contributed by atoms with Crippen molar-refractivity contribution in [1.82, 2.24) is 0 Å². The highest BCUT2D eigenvalue weighted by molar-refractivity contribution is 5.90. The van der Waals surface area contributed by atoms with Gasteiger partial charge in [-0.3, -0.25) is 0 Å². The lowest BCUT2D eigenvalue weighted by atomic mass is 10.1. The minimum absolute atomic E-state index is 0.00829. The third-order valence-electron chi connectivity index (χ3n) is 2.67. The molecule has 0 spiro atoms. The van der Waals surface area contributed by atoms with Crippen LogP contribution in [0, 0.1) is 17.1 Å². The van der Waals surface area contributed by atoms with Crippen LogP contribution >= 0.6 is 0 Å². The smallest absolute Gasteiger partial charge is 0.341 e. The first-order valence-electron chi connectivity index (χ1n) is 5.81. The van der Waals surface area contributed by atoms with Crippen LogP contribution < -0.4 is 5.73 Å². The Bertz CT molecular complexity index is 675. The Morgan fingerprint density at radius 2 is 1.95 bits per heavy atom. The van der Waals surface area contributed by atoms with Crippen molar-refractivity contribution >= 4 is 11.7 Å². The van der Waals surface area contributed by atoms with E-state index >= 15 is 0 Å². The molecule has 0 aromatic heterocycles. The average Bonchev–Trinajstić information content (AvgIpc) is 2.45. The highest BCUT2D eigenvalue weighted by Crippen LogP contribution is 2.14.